The molecule has 0 spiro atoms. The Morgan fingerprint density at radius 1 is 0.493 bits per heavy atom. The summed E-state index contributed by atoms with van der Waals surface area (Å²) in [5.41, 5.74) is 0. The van der Waals surface area contributed by atoms with Crippen LogP contribution in [-0.4, -0.2) is 73.4 Å². The molecule has 0 aromatic heterocycles. The van der Waals surface area contributed by atoms with Crippen molar-refractivity contribution in [3.05, 3.63) is 48.6 Å². The number of aliphatic hydroxyl groups is 1. The first-order valence-electron chi connectivity index (χ1n) is 29.5. The molecule has 0 rings (SSSR count). The summed E-state index contributed by atoms with van der Waals surface area (Å²) in [6.45, 7) is 4.73. The molecule has 3 atom stereocenters. The highest BCUT2D eigenvalue weighted by molar-refractivity contribution is 7.47. The van der Waals surface area contributed by atoms with Gasteiger partial charge >= 0.3 is 7.82 Å². The summed E-state index contributed by atoms with van der Waals surface area (Å²) in [7, 11) is 1.58. The number of quaternary nitrogens is 1. The molecule has 0 bridgehead atoms. The van der Waals surface area contributed by atoms with E-state index in [1.165, 1.54) is 199 Å². The summed E-state index contributed by atoms with van der Waals surface area (Å²) in [4.78, 5) is 23.0. The molecule has 69 heavy (non-hydrogen) atoms. The van der Waals surface area contributed by atoms with E-state index in [2.05, 4.69) is 55.6 Å². The lowest BCUT2D eigenvalue weighted by Gasteiger charge is -2.25. The highest BCUT2D eigenvalue weighted by Gasteiger charge is 2.27. The smallest absolute Gasteiger partial charge is 0.387 e. The number of likely N-dealkylation sites (N-methyl/N-ethyl adjacent to an activating group) is 1. The largest absolute Gasteiger partial charge is 0.472 e. The summed E-state index contributed by atoms with van der Waals surface area (Å²) in [6.07, 6.45) is 68.6. The summed E-state index contributed by atoms with van der Waals surface area (Å²) in [5.74, 6) is -0.179. The Hall–Kier alpha value is -1.54. The molecule has 0 heterocycles. The molecule has 0 radical (unpaired) electrons. The van der Waals surface area contributed by atoms with Crippen LogP contribution in [0.2, 0.25) is 0 Å². The van der Waals surface area contributed by atoms with Crippen molar-refractivity contribution < 1.29 is 32.9 Å². The number of nitrogens with one attached hydrogen (secondary N) is 1. The van der Waals surface area contributed by atoms with Crippen LogP contribution in [0.15, 0.2) is 48.6 Å². The van der Waals surface area contributed by atoms with Gasteiger partial charge in [-0.25, -0.2) is 4.57 Å². The van der Waals surface area contributed by atoms with Crippen molar-refractivity contribution in [1.29, 1.82) is 0 Å². The fourth-order valence-electron chi connectivity index (χ4n) is 8.64. The van der Waals surface area contributed by atoms with Gasteiger partial charge in [0.05, 0.1) is 39.9 Å². The monoisotopic (exact) mass is 992 g/mol. The Labute approximate surface area is 429 Å². The first-order valence-corrected chi connectivity index (χ1v) is 31.0. The van der Waals surface area contributed by atoms with Gasteiger partial charge in [-0.2, -0.15) is 0 Å². The molecule has 0 aliphatic carbocycles. The molecule has 406 valence electrons. The number of carbonyl (C=O) groups excluding carboxylic acids is 1. The zero-order valence-corrected chi connectivity index (χ0v) is 47.2. The number of carbonyl (C=O) groups is 1. The van der Waals surface area contributed by atoms with Crippen molar-refractivity contribution in [3.63, 3.8) is 0 Å². The van der Waals surface area contributed by atoms with Gasteiger partial charge in [-0.1, -0.05) is 262 Å². The third-order valence-electron chi connectivity index (χ3n) is 13.3. The predicted octanol–water partition coefficient (Wildman–Crippen LogP) is 17.9. The average molecular weight is 993 g/mol. The van der Waals surface area contributed by atoms with Gasteiger partial charge in [0.1, 0.15) is 13.2 Å². The van der Waals surface area contributed by atoms with Gasteiger partial charge in [0, 0.05) is 6.42 Å². The van der Waals surface area contributed by atoms with Crippen LogP contribution in [-0.2, 0) is 18.4 Å². The summed E-state index contributed by atoms with van der Waals surface area (Å²) >= 11 is 0. The second kappa shape index (κ2) is 51.4. The molecular formula is C60H116N2O6P+. The number of allylic oxidation sites excluding steroid dienone is 7. The quantitative estimate of drug-likeness (QED) is 0.0243. The number of hydrogen-bond acceptors (Lipinski definition) is 5. The average Bonchev–Trinajstić information content (AvgIpc) is 3.31. The van der Waals surface area contributed by atoms with Gasteiger partial charge in [0.2, 0.25) is 5.91 Å². The Morgan fingerprint density at radius 2 is 0.826 bits per heavy atom. The number of aliphatic hydroxyl groups excluding tert-OH is 1. The summed E-state index contributed by atoms with van der Waals surface area (Å²) in [6, 6.07) is -0.841. The molecule has 0 aliphatic rings. The predicted molar refractivity (Wildman–Crippen MR) is 300 cm³/mol. The van der Waals surface area contributed by atoms with Crippen LogP contribution in [0.1, 0.15) is 277 Å². The molecule has 3 unspecified atom stereocenters. The van der Waals surface area contributed by atoms with Crippen molar-refractivity contribution in [1.82, 2.24) is 5.32 Å². The van der Waals surface area contributed by atoms with Crippen LogP contribution in [0.3, 0.4) is 0 Å². The lowest BCUT2D eigenvalue weighted by atomic mass is 10.0. The molecule has 0 fully saturated rings. The van der Waals surface area contributed by atoms with Gasteiger partial charge in [-0.3, -0.25) is 13.8 Å². The van der Waals surface area contributed by atoms with Crippen LogP contribution in [0.4, 0.5) is 0 Å². The Bertz CT molecular complexity index is 1260. The minimum Gasteiger partial charge on any atom is -0.387 e. The van der Waals surface area contributed by atoms with E-state index in [1.54, 1.807) is 6.08 Å². The van der Waals surface area contributed by atoms with E-state index in [1.807, 2.05) is 27.2 Å². The number of rotatable bonds is 54. The van der Waals surface area contributed by atoms with E-state index in [4.69, 9.17) is 9.05 Å². The third kappa shape index (κ3) is 54.1. The van der Waals surface area contributed by atoms with Gasteiger partial charge in [0.15, 0.2) is 0 Å². The summed E-state index contributed by atoms with van der Waals surface area (Å²) in [5, 5.41) is 13.7. The second-order valence-corrected chi connectivity index (χ2v) is 22.8. The maximum absolute atomic E-state index is 12.8. The SMILES string of the molecule is CCCCCC/C=C/C(O)C(COP(=O)(O)OCC[N+](C)(C)C)NC(=O)CCCCCCCCCCCCCCCCCCCCCCCCCCCC/C=C\C/C=C\C/C=C\CCCCCCC. The molecule has 0 saturated carbocycles. The van der Waals surface area contributed by atoms with Crippen molar-refractivity contribution in [2.24, 2.45) is 0 Å². The maximum Gasteiger partial charge on any atom is 0.472 e. The van der Waals surface area contributed by atoms with Gasteiger partial charge in [0.25, 0.3) is 0 Å². The normalized spacial score (nSPS) is 14.2. The van der Waals surface area contributed by atoms with E-state index >= 15 is 0 Å². The van der Waals surface area contributed by atoms with E-state index in [0.29, 0.717) is 17.4 Å². The topological polar surface area (TPSA) is 105 Å². The number of unbranched alkanes of at least 4 members (excludes halogenated alkanes) is 35. The van der Waals surface area contributed by atoms with Crippen molar-refractivity contribution >= 4 is 13.7 Å². The Balaban J connectivity index is 3.69. The first kappa shape index (κ1) is 67.5. The Morgan fingerprint density at radius 3 is 1.22 bits per heavy atom. The number of phosphoric ester groups is 1. The fraction of sp³-hybridized carbons (Fsp3) is 0.850. The van der Waals surface area contributed by atoms with E-state index in [0.717, 1.165) is 57.8 Å². The minimum atomic E-state index is -4.33. The highest BCUT2D eigenvalue weighted by atomic mass is 31.2. The molecule has 0 aromatic rings. The highest BCUT2D eigenvalue weighted by Crippen LogP contribution is 2.43. The maximum atomic E-state index is 12.8. The molecular weight excluding hydrogens is 876 g/mol. The van der Waals surface area contributed by atoms with E-state index in [9.17, 15) is 19.4 Å². The molecule has 0 aromatic carbocycles. The molecule has 8 nitrogen and oxygen atoms in total. The standard InChI is InChI=1S/C60H115N2O6P/c1-6-8-10-12-14-15-16-17-18-19-20-21-22-23-24-25-26-27-28-29-30-31-32-33-34-35-36-37-38-39-40-41-42-43-44-45-46-47-48-50-52-54-60(64)61-58(59(63)53-51-49-13-11-9-7-2)57-68-69(65,66)67-56-55-62(3,4)5/h16-17,19-20,22-23,51,53,58-59,63H,6-15,18,21,24-50,52,54-57H2,1-5H3,(H-,61,64,65,66)/p+1/b17-16-,20-19-,23-22-,53-51+. The van der Waals surface area contributed by atoms with Gasteiger partial charge in [-0.05, 0) is 57.8 Å². The van der Waals surface area contributed by atoms with Crippen LogP contribution >= 0.6 is 7.82 Å². The first-order chi connectivity index (χ1) is 33.5. The Kier molecular flexibility index (Phi) is 50.2. The third-order valence-corrected chi connectivity index (χ3v) is 14.3. The van der Waals surface area contributed by atoms with Crippen LogP contribution in [0.25, 0.3) is 0 Å². The van der Waals surface area contributed by atoms with Crippen molar-refractivity contribution in [2.45, 2.75) is 289 Å². The molecule has 0 saturated heterocycles. The zero-order chi connectivity index (χ0) is 50.6. The van der Waals surface area contributed by atoms with Crippen molar-refractivity contribution in [3.8, 4) is 0 Å². The van der Waals surface area contributed by atoms with Gasteiger partial charge < -0.3 is 19.8 Å². The number of amides is 1. The van der Waals surface area contributed by atoms with Crippen LogP contribution < -0.4 is 5.32 Å². The fourth-order valence-corrected chi connectivity index (χ4v) is 9.37. The molecule has 0 aliphatic heterocycles. The van der Waals surface area contributed by atoms with E-state index < -0.39 is 20.0 Å². The number of phosphoric acid groups is 1. The van der Waals surface area contributed by atoms with E-state index in [-0.39, 0.29) is 19.1 Å². The molecule has 3 N–H and O–H groups in total. The number of hydrogen-bond donors (Lipinski definition) is 3. The van der Waals surface area contributed by atoms with Crippen molar-refractivity contribution in [2.75, 3.05) is 40.9 Å². The number of nitrogens with zero attached hydrogens (tertiary/aromatic N) is 1. The minimum absolute atomic E-state index is 0.0620. The lowest BCUT2D eigenvalue weighted by Crippen LogP contribution is -2.45. The second-order valence-electron chi connectivity index (χ2n) is 21.4. The molecule has 1 amide bonds. The molecule has 9 heteroatoms. The zero-order valence-electron chi connectivity index (χ0n) is 46.3. The summed E-state index contributed by atoms with van der Waals surface area (Å²) < 4.78 is 23.5. The van der Waals surface area contributed by atoms with Crippen LogP contribution in [0.5, 0.6) is 0 Å². The van der Waals surface area contributed by atoms with Gasteiger partial charge in [-0.15, -0.1) is 0 Å². The van der Waals surface area contributed by atoms with Crippen LogP contribution in [0, 0.1) is 0 Å². The lowest BCUT2D eigenvalue weighted by molar-refractivity contribution is -0.870.